The predicted molar refractivity (Wildman–Crippen MR) is 181 cm³/mol. The first-order chi connectivity index (χ1) is 25.6. The van der Waals surface area contributed by atoms with Crippen molar-refractivity contribution in [2.45, 2.75) is 70.7 Å². The molecule has 2 amide bonds. The molecular formula is C37H40F6N8O3. The second-order valence-electron chi connectivity index (χ2n) is 15.3. The number of nitrogens with zero attached hydrogens (tertiary/aromatic N) is 7. The minimum absolute atomic E-state index is 0.0168. The molecule has 1 saturated carbocycles. The molecule has 2 aromatic carbocycles. The van der Waals surface area contributed by atoms with Crippen LogP contribution in [0.2, 0.25) is 0 Å². The summed E-state index contributed by atoms with van der Waals surface area (Å²) in [5.74, 6) is -4.62. The van der Waals surface area contributed by atoms with Gasteiger partial charge in [-0.1, -0.05) is 30.3 Å². The van der Waals surface area contributed by atoms with E-state index in [0.29, 0.717) is 41.9 Å². The maximum Gasteiger partial charge on any atom is 0.402 e. The van der Waals surface area contributed by atoms with Gasteiger partial charge in [-0.25, -0.2) is 13.2 Å². The van der Waals surface area contributed by atoms with Gasteiger partial charge in [0.05, 0.1) is 31.5 Å². The Morgan fingerprint density at radius 2 is 1.70 bits per heavy atom. The first-order valence-corrected chi connectivity index (χ1v) is 17.8. The van der Waals surface area contributed by atoms with Crippen molar-refractivity contribution in [1.29, 1.82) is 0 Å². The molecule has 2 aromatic heterocycles. The minimum Gasteiger partial charge on any atom is -0.376 e. The lowest BCUT2D eigenvalue weighted by atomic mass is 9.70. The van der Waals surface area contributed by atoms with Gasteiger partial charge in [0.2, 0.25) is 17.7 Å². The smallest absolute Gasteiger partial charge is 0.376 e. The molecule has 7 rings (SSSR count). The van der Waals surface area contributed by atoms with E-state index in [-0.39, 0.29) is 75.8 Å². The number of aromatic nitrogens is 6. The van der Waals surface area contributed by atoms with Gasteiger partial charge in [0.25, 0.3) is 5.91 Å². The van der Waals surface area contributed by atoms with E-state index in [4.69, 9.17) is 4.74 Å². The molecule has 1 atom stereocenters. The fourth-order valence-corrected chi connectivity index (χ4v) is 7.95. The number of amides is 2. The third kappa shape index (κ3) is 7.33. The highest BCUT2D eigenvalue weighted by Crippen LogP contribution is 2.49. The number of carbonyl (C=O) groups excluding carboxylic acids is 2. The van der Waals surface area contributed by atoms with Crippen LogP contribution in [0.3, 0.4) is 0 Å². The molecule has 4 aromatic rings. The van der Waals surface area contributed by atoms with Gasteiger partial charge in [0.1, 0.15) is 11.2 Å². The van der Waals surface area contributed by atoms with Crippen molar-refractivity contribution in [2.75, 3.05) is 32.8 Å². The van der Waals surface area contributed by atoms with E-state index in [1.807, 2.05) is 18.2 Å². The van der Waals surface area contributed by atoms with Gasteiger partial charge in [-0.15, -0.1) is 10.2 Å². The van der Waals surface area contributed by atoms with Gasteiger partial charge >= 0.3 is 6.18 Å². The molecule has 1 N–H and O–H groups in total. The number of nitrogens with one attached hydrogen (secondary N) is 1. The Bertz CT molecular complexity index is 1970. The second kappa shape index (κ2) is 14.1. The SMILES string of the molecule is CC(C)(C(=O)N1CC2(CN(C(=O)c3cnn(Cc4ccc(F)cc4)c3)C[C@H]2COCc2cccc(C3CCC(F)(F)CC3)c2-c2nn[nH]n2)C1)C(F)(F)F. The summed E-state index contributed by atoms with van der Waals surface area (Å²) in [6.07, 6.45) is -1.58. The van der Waals surface area contributed by atoms with E-state index in [1.54, 1.807) is 27.9 Å². The quantitative estimate of drug-likeness (QED) is 0.190. The van der Waals surface area contributed by atoms with Crippen LogP contribution >= 0.6 is 0 Å². The van der Waals surface area contributed by atoms with E-state index >= 15 is 0 Å². The number of tetrazole rings is 1. The molecule has 2 saturated heterocycles. The highest BCUT2D eigenvalue weighted by Gasteiger charge is 2.61. The van der Waals surface area contributed by atoms with Crippen LogP contribution in [0.1, 0.15) is 72.5 Å². The van der Waals surface area contributed by atoms with Crippen LogP contribution in [0.15, 0.2) is 54.9 Å². The maximum absolute atomic E-state index is 14.0. The molecule has 54 heavy (non-hydrogen) atoms. The van der Waals surface area contributed by atoms with Crippen LogP contribution in [0.4, 0.5) is 26.3 Å². The van der Waals surface area contributed by atoms with Crippen LogP contribution in [-0.4, -0.2) is 96.9 Å². The van der Waals surface area contributed by atoms with Crippen molar-refractivity contribution in [3.05, 3.63) is 82.9 Å². The highest BCUT2D eigenvalue weighted by molar-refractivity contribution is 5.94. The first-order valence-electron chi connectivity index (χ1n) is 17.8. The molecule has 0 unspecified atom stereocenters. The Labute approximate surface area is 307 Å². The summed E-state index contributed by atoms with van der Waals surface area (Å²) in [6.45, 7) is 2.67. The fourth-order valence-electron chi connectivity index (χ4n) is 7.95. The average Bonchev–Trinajstić information content (AvgIpc) is 3.89. The van der Waals surface area contributed by atoms with Crippen molar-refractivity contribution in [1.82, 2.24) is 40.2 Å². The number of ether oxygens (including phenoxy) is 1. The molecule has 3 fully saturated rings. The standard InChI is InChI=1S/C37H40F6N8O3/c1-34(2,37(41,42)43)33(53)50-21-35(22-50)20-49(32(52)26-14-44-51(16-26)15-23-6-8-28(38)9-7-23)17-27(35)19-54-18-25-4-3-5-29(30(25)31-45-47-48-46-31)24-10-12-36(39,40)13-11-24/h3-9,14,16,24,27H,10-13,15,17-22H2,1-2H3,(H,45,46,47,48)/t27-/m0/s1. The Hall–Kier alpha value is -4.80. The normalized spacial score (nSPS) is 20.0. The highest BCUT2D eigenvalue weighted by atomic mass is 19.4. The lowest BCUT2D eigenvalue weighted by molar-refractivity contribution is -0.223. The molecule has 2 aliphatic heterocycles. The van der Waals surface area contributed by atoms with Crippen molar-refractivity contribution >= 4 is 11.8 Å². The molecule has 0 radical (unpaired) electrons. The van der Waals surface area contributed by atoms with Crippen molar-refractivity contribution in [2.24, 2.45) is 16.7 Å². The van der Waals surface area contributed by atoms with Gasteiger partial charge in [-0.3, -0.25) is 14.3 Å². The average molecular weight is 759 g/mol. The summed E-state index contributed by atoms with van der Waals surface area (Å²) in [6, 6.07) is 11.5. The summed E-state index contributed by atoms with van der Waals surface area (Å²) in [7, 11) is 0. The predicted octanol–water partition coefficient (Wildman–Crippen LogP) is 6.25. The zero-order valence-electron chi connectivity index (χ0n) is 29.8. The number of aromatic amines is 1. The summed E-state index contributed by atoms with van der Waals surface area (Å²) < 4.78 is 90.8. The Morgan fingerprint density at radius 3 is 2.37 bits per heavy atom. The molecule has 11 nitrogen and oxygen atoms in total. The molecule has 3 aliphatic rings. The van der Waals surface area contributed by atoms with E-state index in [9.17, 15) is 35.9 Å². The van der Waals surface area contributed by atoms with Crippen molar-refractivity contribution in [3.8, 4) is 11.4 Å². The van der Waals surface area contributed by atoms with Gasteiger partial charge in [-0.05, 0) is 66.6 Å². The van der Waals surface area contributed by atoms with E-state index in [2.05, 4.69) is 25.7 Å². The Kier molecular flexibility index (Phi) is 9.81. The third-order valence-corrected chi connectivity index (χ3v) is 11.3. The van der Waals surface area contributed by atoms with Crippen molar-refractivity contribution < 1.29 is 40.7 Å². The summed E-state index contributed by atoms with van der Waals surface area (Å²) in [5, 5.41) is 18.8. The number of alkyl halides is 5. The molecule has 1 aliphatic carbocycles. The maximum atomic E-state index is 14.0. The minimum atomic E-state index is -4.75. The van der Waals surface area contributed by atoms with E-state index < -0.39 is 28.8 Å². The lowest BCUT2D eigenvalue weighted by Crippen LogP contribution is -2.66. The Morgan fingerprint density at radius 1 is 1.00 bits per heavy atom. The third-order valence-electron chi connectivity index (χ3n) is 11.3. The summed E-state index contributed by atoms with van der Waals surface area (Å²) in [4.78, 5) is 29.7. The van der Waals surface area contributed by atoms with Crippen LogP contribution in [-0.2, 0) is 22.7 Å². The van der Waals surface area contributed by atoms with Crippen LogP contribution < -0.4 is 0 Å². The number of hydrogen-bond donors (Lipinski definition) is 1. The van der Waals surface area contributed by atoms with Gasteiger partial charge in [0.15, 0.2) is 0 Å². The Balaban J connectivity index is 1.09. The van der Waals surface area contributed by atoms with E-state index in [1.165, 1.54) is 23.2 Å². The largest absolute Gasteiger partial charge is 0.402 e. The topological polar surface area (TPSA) is 122 Å². The van der Waals surface area contributed by atoms with E-state index in [0.717, 1.165) is 25.0 Å². The van der Waals surface area contributed by atoms with Crippen LogP contribution in [0.5, 0.6) is 0 Å². The number of H-pyrrole nitrogens is 1. The fraction of sp³-hybridized carbons (Fsp3) is 0.514. The number of hydrogen-bond acceptors (Lipinski definition) is 7. The lowest BCUT2D eigenvalue weighted by Gasteiger charge is -2.52. The van der Waals surface area contributed by atoms with Crippen LogP contribution in [0, 0.1) is 22.6 Å². The number of rotatable bonds is 10. The molecule has 288 valence electrons. The number of halogens is 6. The molecular weight excluding hydrogens is 718 g/mol. The monoisotopic (exact) mass is 758 g/mol. The van der Waals surface area contributed by atoms with Crippen molar-refractivity contribution in [3.63, 3.8) is 0 Å². The van der Waals surface area contributed by atoms with Crippen LogP contribution in [0.25, 0.3) is 11.4 Å². The molecule has 4 heterocycles. The van der Waals surface area contributed by atoms with Gasteiger partial charge < -0.3 is 14.5 Å². The molecule has 1 spiro atoms. The number of likely N-dealkylation sites (tertiary alicyclic amines) is 2. The number of carbonyl (C=O) groups is 2. The first kappa shape index (κ1) is 37.5. The molecule has 0 bridgehead atoms. The van der Waals surface area contributed by atoms with Gasteiger partial charge in [-0.2, -0.15) is 23.5 Å². The summed E-state index contributed by atoms with van der Waals surface area (Å²) >= 11 is 0. The van der Waals surface area contributed by atoms with Gasteiger partial charge in [0, 0.05) is 62.1 Å². The zero-order chi connectivity index (χ0) is 38.5. The second-order valence-corrected chi connectivity index (χ2v) is 15.3. The zero-order valence-corrected chi connectivity index (χ0v) is 29.8. The number of benzene rings is 2. The molecule has 17 heteroatoms. The summed E-state index contributed by atoms with van der Waals surface area (Å²) in [5.41, 5.74) is -0.0421.